The Bertz CT molecular complexity index is 1360. The average Bonchev–Trinajstić information content (AvgIpc) is 3.46. The van der Waals surface area contributed by atoms with E-state index in [2.05, 4.69) is 29.6 Å². The summed E-state index contributed by atoms with van der Waals surface area (Å²) in [5.74, 6) is -0.928. The van der Waals surface area contributed by atoms with E-state index in [1.54, 1.807) is 12.1 Å². The molecule has 4 aromatic rings. The summed E-state index contributed by atoms with van der Waals surface area (Å²) in [6.45, 7) is 0.512. The van der Waals surface area contributed by atoms with E-state index in [4.69, 9.17) is 4.42 Å². The fourth-order valence-corrected chi connectivity index (χ4v) is 3.86. The average molecular weight is 425 g/mol. The summed E-state index contributed by atoms with van der Waals surface area (Å²) < 4.78 is 7.20. The molecule has 1 N–H and O–H groups in total. The van der Waals surface area contributed by atoms with Crippen LogP contribution in [0.3, 0.4) is 0 Å². The van der Waals surface area contributed by atoms with Gasteiger partial charge in [0.05, 0.1) is 12.8 Å². The van der Waals surface area contributed by atoms with E-state index in [1.807, 2.05) is 41.1 Å². The molecule has 0 spiro atoms. The molecule has 0 radical (unpaired) electrons. The third-order valence-electron chi connectivity index (χ3n) is 5.46. The zero-order chi connectivity index (χ0) is 22.1. The molecule has 2 aromatic heterocycles. The zero-order valence-corrected chi connectivity index (χ0v) is 17.0. The van der Waals surface area contributed by atoms with Crippen LogP contribution in [0.15, 0.2) is 89.2 Å². The topological polar surface area (TPSA) is 84.6 Å². The molecule has 0 saturated carbocycles. The highest BCUT2D eigenvalue weighted by Gasteiger charge is 2.36. The molecule has 1 aliphatic rings. The van der Waals surface area contributed by atoms with Crippen molar-refractivity contribution in [1.82, 2.24) is 14.8 Å². The number of hydrogen-bond acceptors (Lipinski definition) is 4. The molecule has 3 heterocycles. The van der Waals surface area contributed by atoms with E-state index in [0.29, 0.717) is 18.0 Å². The highest BCUT2D eigenvalue weighted by Crippen LogP contribution is 2.22. The molecule has 1 aliphatic heterocycles. The van der Waals surface area contributed by atoms with E-state index >= 15 is 0 Å². The molecule has 0 unspecified atom stereocenters. The summed E-state index contributed by atoms with van der Waals surface area (Å²) in [6, 6.07) is 20.5. The van der Waals surface area contributed by atoms with Crippen LogP contribution < -0.4 is 5.32 Å². The minimum absolute atomic E-state index is 0.0562. The van der Waals surface area contributed by atoms with Gasteiger partial charge in [0.2, 0.25) is 0 Å². The number of hydrogen-bond donors (Lipinski definition) is 1. The van der Waals surface area contributed by atoms with Gasteiger partial charge in [-0.05, 0) is 46.7 Å². The van der Waals surface area contributed by atoms with Crippen molar-refractivity contribution in [3.05, 3.63) is 102 Å². The van der Waals surface area contributed by atoms with E-state index in [1.165, 1.54) is 12.3 Å². The van der Waals surface area contributed by atoms with Gasteiger partial charge in [-0.1, -0.05) is 42.5 Å². The predicted octanol–water partition coefficient (Wildman–Crippen LogP) is 3.94. The summed E-state index contributed by atoms with van der Waals surface area (Å²) in [7, 11) is 0. The fourth-order valence-electron chi connectivity index (χ4n) is 3.86. The number of carbonyl (C=O) groups excluding carboxylic acids is 3. The molecular formula is C25H19N3O4. The predicted molar refractivity (Wildman–Crippen MR) is 118 cm³/mol. The molecule has 2 aromatic carbocycles. The number of benzene rings is 2. The van der Waals surface area contributed by atoms with E-state index in [9.17, 15) is 14.4 Å². The van der Waals surface area contributed by atoms with Gasteiger partial charge in [-0.2, -0.15) is 0 Å². The van der Waals surface area contributed by atoms with Crippen LogP contribution in [0.25, 0.3) is 16.8 Å². The van der Waals surface area contributed by atoms with Crippen LogP contribution in [0.2, 0.25) is 0 Å². The Morgan fingerprint density at radius 1 is 0.875 bits per heavy atom. The van der Waals surface area contributed by atoms with Crippen molar-refractivity contribution in [1.29, 1.82) is 0 Å². The van der Waals surface area contributed by atoms with Gasteiger partial charge >= 0.3 is 6.03 Å². The highest BCUT2D eigenvalue weighted by molar-refractivity contribution is 6.30. The molecule has 1 fully saturated rings. The molecule has 4 amide bonds. The lowest BCUT2D eigenvalue weighted by Crippen LogP contribution is -2.53. The third kappa shape index (κ3) is 3.60. The molecule has 0 atom stereocenters. The van der Waals surface area contributed by atoms with Crippen LogP contribution in [0.1, 0.15) is 17.0 Å². The maximum atomic E-state index is 13.0. The molecule has 5 rings (SSSR count). The van der Waals surface area contributed by atoms with Gasteiger partial charge in [0.1, 0.15) is 11.3 Å². The minimum atomic E-state index is -0.764. The Labute approximate surface area is 183 Å². The lowest BCUT2D eigenvalue weighted by atomic mass is 10.0. The number of nitrogens with one attached hydrogen (secondary N) is 1. The Balaban J connectivity index is 1.46. The van der Waals surface area contributed by atoms with Gasteiger partial charge in [-0.15, -0.1) is 0 Å². The molecule has 158 valence electrons. The summed E-state index contributed by atoms with van der Waals surface area (Å²) in [5, 5.41) is 4.52. The first-order chi connectivity index (χ1) is 15.6. The number of imide groups is 2. The van der Waals surface area contributed by atoms with Crippen LogP contribution in [0, 0.1) is 0 Å². The van der Waals surface area contributed by atoms with Crippen molar-refractivity contribution < 1.29 is 18.8 Å². The van der Waals surface area contributed by atoms with Gasteiger partial charge in [0.15, 0.2) is 0 Å². The number of fused-ring (bicyclic) bond motifs is 1. The van der Waals surface area contributed by atoms with Gasteiger partial charge in [-0.3, -0.25) is 19.8 Å². The number of carbonyl (C=O) groups is 3. The third-order valence-corrected chi connectivity index (χ3v) is 5.46. The lowest BCUT2D eigenvalue weighted by Gasteiger charge is -2.25. The van der Waals surface area contributed by atoms with Crippen LogP contribution >= 0.6 is 0 Å². The number of furan rings is 1. The summed E-state index contributed by atoms with van der Waals surface area (Å²) in [6.07, 6.45) is 4.87. The SMILES string of the molecule is O=C1NC(=O)N(Cc2ccco2)C(=O)C1=Cc1cccn1Cc1cccc2ccccc12. The maximum absolute atomic E-state index is 13.0. The second-order valence-electron chi connectivity index (χ2n) is 7.49. The number of nitrogens with zero attached hydrogens (tertiary/aromatic N) is 2. The first-order valence-electron chi connectivity index (χ1n) is 10.1. The van der Waals surface area contributed by atoms with Crippen molar-refractivity contribution in [3.63, 3.8) is 0 Å². The van der Waals surface area contributed by atoms with Crippen molar-refractivity contribution in [2.45, 2.75) is 13.1 Å². The monoisotopic (exact) mass is 425 g/mol. The zero-order valence-electron chi connectivity index (χ0n) is 17.0. The summed E-state index contributed by atoms with van der Waals surface area (Å²) in [5.41, 5.74) is 1.70. The largest absolute Gasteiger partial charge is 0.467 e. The van der Waals surface area contributed by atoms with Crippen LogP contribution in [-0.2, 0) is 22.7 Å². The lowest BCUT2D eigenvalue weighted by molar-refractivity contribution is -0.130. The number of aromatic nitrogens is 1. The van der Waals surface area contributed by atoms with E-state index in [0.717, 1.165) is 21.2 Å². The van der Waals surface area contributed by atoms with Crippen molar-refractivity contribution in [2.75, 3.05) is 0 Å². The first-order valence-corrected chi connectivity index (χ1v) is 10.1. The summed E-state index contributed by atoms with van der Waals surface area (Å²) >= 11 is 0. The number of urea groups is 1. The maximum Gasteiger partial charge on any atom is 0.331 e. The normalized spacial score (nSPS) is 15.6. The number of barbiturate groups is 1. The Morgan fingerprint density at radius 2 is 1.72 bits per heavy atom. The molecular weight excluding hydrogens is 406 g/mol. The second kappa shape index (κ2) is 8.03. The molecule has 0 aliphatic carbocycles. The molecule has 1 saturated heterocycles. The molecule has 0 bridgehead atoms. The number of rotatable bonds is 5. The Hall–Kier alpha value is -4.39. The standard InChI is InChI=1S/C25H19N3O4/c29-23-22(24(30)28(25(31)26-23)16-20-10-5-13-32-20)14-19-9-4-12-27(19)15-18-8-3-7-17-6-1-2-11-21(17)18/h1-14H,15-16H2,(H,26,29,31). The van der Waals surface area contributed by atoms with Crippen molar-refractivity contribution >= 4 is 34.7 Å². The van der Waals surface area contributed by atoms with Crippen LogP contribution in [0.5, 0.6) is 0 Å². The molecule has 32 heavy (non-hydrogen) atoms. The first kappa shape index (κ1) is 19.6. The van der Waals surface area contributed by atoms with Gasteiger partial charge < -0.3 is 8.98 Å². The van der Waals surface area contributed by atoms with E-state index in [-0.39, 0.29) is 12.1 Å². The molecule has 7 heteroatoms. The Kier molecular flexibility index (Phi) is 4.91. The molecule has 7 nitrogen and oxygen atoms in total. The van der Waals surface area contributed by atoms with Crippen LogP contribution in [0.4, 0.5) is 4.79 Å². The smallest absolute Gasteiger partial charge is 0.331 e. The highest BCUT2D eigenvalue weighted by atomic mass is 16.3. The summed E-state index contributed by atoms with van der Waals surface area (Å²) in [4.78, 5) is 38.6. The Morgan fingerprint density at radius 3 is 2.56 bits per heavy atom. The van der Waals surface area contributed by atoms with Gasteiger partial charge in [0.25, 0.3) is 11.8 Å². The second-order valence-corrected chi connectivity index (χ2v) is 7.49. The van der Waals surface area contributed by atoms with Crippen molar-refractivity contribution in [3.8, 4) is 0 Å². The van der Waals surface area contributed by atoms with Gasteiger partial charge in [0, 0.05) is 18.4 Å². The number of amides is 4. The fraction of sp³-hybridized carbons (Fsp3) is 0.0800. The van der Waals surface area contributed by atoms with Crippen LogP contribution in [-0.4, -0.2) is 27.3 Å². The quantitative estimate of drug-likeness (QED) is 0.388. The minimum Gasteiger partial charge on any atom is -0.467 e. The van der Waals surface area contributed by atoms with Gasteiger partial charge in [-0.25, -0.2) is 4.79 Å². The van der Waals surface area contributed by atoms with E-state index < -0.39 is 17.8 Å². The van der Waals surface area contributed by atoms with Crippen molar-refractivity contribution in [2.24, 2.45) is 0 Å².